The van der Waals surface area contributed by atoms with E-state index in [9.17, 15) is 23.1 Å². The lowest BCUT2D eigenvalue weighted by Crippen LogP contribution is -2.47. The van der Waals surface area contributed by atoms with Crippen molar-refractivity contribution in [2.45, 2.75) is 24.6 Å². The van der Waals surface area contributed by atoms with Crippen LogP contribution >= 0.6 is 0 Å². The topological polar surface area (TPSA) is 62.2 Å². The van der Waals surface area contributed by atoms with Gasteiger partial charge < -0.3 is 10.4 Å². The molecule has 0 spiro atoms. The fourth-order valence-corrected chi connectivity index (χ4v) is 1.47. The minimum Gasteiger partial charge on any atom is -0.505 e. The van der Waals surface area contributed by atoms with Crippen molar-refractivity contribution in [2.24, 2.45) is 0 Å². The summed E-state index contributed by atoms with van der Waals surface area (Å²) in [4.78, 5) is 15.1. The molecule has 0 saturated heterocycles. The van der Waals surface area contributed by atoms with Gasteiger partial charge in [0.25, 0.3) is 5.91 Å². The van der Waals surface area contributed by atoms with Gasteiger partial charge in [-0.2, -0.15) is 13.2 Å². The molecule has 1 aliphatic rings. The number of aromatic hydroxyl groups is 1. The molecule has 92 valence electrons. The molecule has 2 N–H and O–H groups in total. The molecule has 1 amide bonds. The van der Waals surface area contributed by atoms with Gasteiger partial charge in [0.05, 0.1) is 11.8 Å². The zero-order valence-electron chi connectivity index (χ0n) is 8.58. The molecule has 1 aromatic heterocycles. The highest BCUT2D eigenvalue weighted by molar-refractivity contribution is 5.97. The number of carbonyl (C=O) groups is 1. The normalized spacial score (nSPS) is 17.6. The van der Waals surface area contributed by atoms with Crippen LogP contribution in [0.1, 0.15) is 23.2 Å². The minimum absolute atomic E-state index is 0.131. The van der Waals surface area contributed by atoms with Crippen LogP contribution in [-0.4, -0.2) is 27.7 Å². The smallest absolute Gasteiger partial charge is 0.411 e. The number of hydrogen-bond acceptors (Lipinski definition) is 3. The monoisotopic (exact) mass is 246 g/mol. The van der Waals surface area contributed by atoms with Crippen LogP contribution in [0, 0.1) is 0 Å². The molecule has 0 unspecified atom stereocenters. The Morgan fingerprint density at radius 2 is 2.12 bits per heavy atom. The van der Waals surface area contributed by atoms with E-state index < -0.39 is 23.4 Å². The highest BCUT2D eigenvalue weighted by atomic mass is 19.4. The number of hydrogen-bond donors (Lipinski definition) is 2. The Morgan fingerprint density at radius 3 is 2.59 bits per heavy atom. The second-order valence-corrected chi connectivity index (χ2v) is 3.93. The van der Waals surface area contributed by atoms with Gasteiger partial charge in [-0.05, 0) is 18.9 Å². The van der Waals surface area contributed by atoms with Gasteiger partial charge in [0.2, 0.25) is 0 Å². The second-order valence-electron chi connectivity index (χ2n) is 3.93. The van der Waals surface area contributed by atoms with Gasteiger partial charge >= 0.3 is 6.18 Å². The standard InChI is InChI=1S/C10H9F3N2O2/c11-10(12,13)9(2-3-9)15-8(17)6-1-4-14-5-7(6)16/h1,4-5,16H,2-3H2,(H,15,17). The molecule has 4 nitrogen and oxygen atoms in total. The molecule has 1 aliphatic carbocycles. The maximum atomic E-state index is 12.6. The number of aromatic nitrogens is 1. The van der Waals surface area contributed by atoms with Crippen molar-refractivity contribution in [1.29, 1.82) is 0 Å². The number of pyridine rings is 1. The van der Waals surface area contributed by atoms with Gasteiger partial charge in [0, 0.05) is 6.20 Å². The zero-order chi connectivity index (χ0) is 12.7. The highest BCUT2D eigenvalue weighted by Gasteiger charge is 2.64. The molecule has 17 heavy (non-hydrogen) atoms. The predicted octanol–water partition coefficient (Wildman–Crippen LogP) is 1.61. The summed E-state index contributed by atoms with van der Waals surface area (Å²) in [6.07, 6.45) is -2.50. The van der Waals surface area contributed by atoms with E-state index in [1.165, 1.54) is 6.20 Å². The fourth-order valence-electron chi connectivity index (χ4n) is 1.47. The van der Waals surface area contributed by atoms with Crippen LogP contribution in [0.25, 0.3) is 0 Å². The number of rotatable bonds is 2. The molecule has 0 bridgehead atoms. The Balaban J connectivity index is 2.16. The van der Waals surface area contributed by atoms with Crippen molar-refractivity contribution in [1.82, 2.24) is 10.3 Å². The van der Waals surface area contributed by atoms with E-state index in [4.69, 9.17) is 0 Å². The maximum Gasteiger partial charge on any atom is 0.411 e. The van der Waals surface area contributed by atoms with E-state index in [0.29, 0.717) is 0 Å². The molecule has 0 radical (unpaired) electrons. The first kappa shape index (κ1) is 11.7. The SMILES string of the molecule is O=C(NC1(C(F)(F)F)CC1)c1ccncc1O. The van der Waals surface area contributed by atoms with E-state index in [1.54, 1.807) is 0 Å². The Labute approximate surface area is 94.5 Å². The average Bonchev–Trinajstić information content (AvgIpc) is 2.98. The molecule has 1 saturated carbocycles. The highest BCUT2D eigenvalue weighted by Crippen LogP contribution is 2.49. The number of halogens is 3. The third-order valence-corrected chi connectivity index (χ3v) is 2.69. The largest absolute Gasteiger partial charge is 0.505 e. The summed E-state index contributed by atoms with van der Waals surface area (Å²) in [6.45, 7) is 0. The van der Waals surface area contributed by atoms with Gasteiger partial charge in [-0.1, -0.05) is 0 Å². The summed E-state index contributed by atoms with van der Waals surface area (Å²) in [7, 11) is 0. The summed E-state index contributed by atoms with van der Waals surface area (Å²) in [5, 5.41) is 11.2. The first-order valence-corrected chi connectivity index (χ1v) is 4.88. The first-order chi connectivity index (χ1) is 7.86. The number of nitrogens with zero attached hydrogens (tertiary/aromatic N) is 1. The lowest BCUT2D eigenvalue weighted by molar-refractivity contribution is -0.163. The molecular weight excluding hydrogens is 237 g/mol. The van der Waals surface area contributed by atoms with Crippen molar-refractivity contribution < 1.29 is 23.1 Å². The zero-order valence-corrected chi connectivity index (χ0v) is 8.58. The molecule has 1 fully saturated rings. The molecule has 1 heterocycles. The van der Waals surface area contributed by atoms with Gasteiger partial charge in [-0.3, -0.25) is 9.78 Å². The Bertz CT molecular complexity index is 455. The second kappa shape index (κ2) is 3.61. The van der Waals surface area contributed by atoms with E-state index in [1.807, 2.05) is 5.32 Å². The summed E-state index contributed by atoms with van der Waals surface area (Å²) >= 11 is 0. The van der Waals surface area contributed by atoms with Crippen LogP contribution in [0.5, 0.6) is 5.75 Å². The van der Waals surface area contributed by atoms with Crippen LogP contribution < -0.4 is 5.32 Å². The van der Waals surface area contributed by atoms with Crippen molar-refractivity contribution in [3.05, 3.63) is 24.0 Å². The molecule has 2 rings (SSSR count). The first-order valence-electron chi connectivity index (χ1n) is 4.88. The fraction of sp³-hybridized carbons (Fsp3) is 0.400. The Kier molecular flexibility index (Phi) is 2.48. The van der Waals surface area contributed by atoms with E-state index in [2.05, 4.69) is 4.98 Å². The van der Waals surface area contributed by atoms with Gasteiger partial charge in [0.1, 0.15) is 11.3 Å². The summed E-state index contributed by atoms with van der Waals surface area (Å²) in [5.41, 5.74) is -2.34. The Morgan fingerprint density at radius 1 is 1.47 bits per heavy atom. The maximum absolute atomic E-state index is 12.6. The van der Waals surface area contributed by atoms with E-state index in [0.717, 1.165) is 12.3 Å². The van der Waals surface area contributed by atoms with Crippen molar-refractivity contribution in [3.63, 3.8) is 0 Å². The lowest BCUT2D eigenvalue weighted by atomic mass is 10.2. The molecule has 0 atom stereocenters. The average molecular weight is 246 g/mol. The van der Waals surface area contributed by atoms with Gasteiger partial charge in [-0.15, -0.1) is 0 Å². The van der Waals surface area contributed by atoms with Crippen LogP contribution in [0.2, 0.25) is 0 Å². The van der Waals surface area contributed by atoms with E-state index in [-0.39, 0.29) is 18.4 Å². The van der Waals surface area contributed by atoms with Crippen LogP contribution in [0.3, 0.4) is 0 Å². The third-order valence-electron chi connectivity index (χ3n) is 2.69. The van der Waals surface area contributed by atoms with Crippen molar-refractivity contribution in [2.75, 3.05) is 0 Å². The third kappa shape index (κ3) is 2.04. The number of amides is 1. The number of nitrogens with one attached hydrogen (secondary N) is 1. The van der Waals surface area contributed by atoms with E-state index >= 15 is 0 Å². The molecule has 0 aromatic carbocycles. The summed E-state index contributed by atoms with van der Waals surface area (Å²) in [6, 6.07) is 1.16. The number of carbonyl (C=O) groups excluding carboxylic acids is 1. The van der Waals surface area contributed by atoms with Gasteiger partial charge in [-0.25, -0.2) is 0 Å². The lowest BCUT2D eigenvalue weighted by Gasteiger charge is -2.20. The summed E-state index contributed by atoms with van der Waals surface area (Å²) in [5.74, 6) is -1.39. The molecular formula is C10H9F3N2O2. The van der Waals surface area contributed by atoms with Crippen molar-refractivity contribution >= 4 is 5.91 Å². The quantitative estimate of drug-likeness (QED) is 0.833. The minimum atomic E-state index is -4.47. The van der Waals surface area contributed by atoms with Crippen LogP contribution in [-0.2, 0) is 0 Å². The molecule has 0 aliphatic heterocycles. The molecule has 7 heteroatoms. The predicted molar refractivity (Wildman–Crippen MR) is 51.4 cm³/mol. The van der Waals surface area contributed by atoms with Crippen LogP contribution in [0.4, 0.5) is 13.2 Å². The number of alkyl halides is 3. The van der Waals surface area contributed by atoms with Crippen LogP contribution in [0.15, 0.2) is 18.5 Å². The van der Waals surface area contributed by atoms with Crippen molar-refractivity contribution in [3.8, 4) is 5.75 Å². The Hall–Kier alpha value is -1.79. The van der Waals surface area contributed by atoms with Gasteiger partial charge in [0.15, 0.2) is 0 Å². The summed E-state index contributed by atoms with van der Waals surface area (Å²) < 4.78 is 37.7. The molecule has 1 aromatic rings.